The second kappa shape index (κ2) is 5.57. The van der Waals surface area contributed by atoms with E-state index >= 15 is 0 Å². The predicted octanol–water partition coefficient (Wildman–Crippen LogP) is 0.880. The van der Waals surface area contributed by atoms with E-state index in [-0.39, 0.29) is 11.6 Å². The highest BCUT2D eigenvalue weighted by molar-refractivity contribution is 7.99. The van der Waals surface area contributed by atoms with Crippen LogP contribution in [0.25, 0.3) is 0 Å². The number of carbonyl (C=O) groups is 1. The fourth-order valence-electron chi connectivity index (χ4n) is 0.931. The lowest BCUT2D eigenvalue weighted by atomic mass is 10.3. The van der Waals surface area contributed by atoms with Crippen molar-refractivity contribution < 1.29 is 9.18 Å². The van der Waals surface area contributed by atoms with E-state index in [0.29, 0.717) is 12.2 Å². The van der Waals surface area contributed by atoms with E-state index in [4.69, 9.17) is 11.6 Å². The van der Waals surface area contributed by atoms with Gasteiger partial charge >= 0.3 is 0 Å². The first kappa shape index (κ1) is 11.8. The average molecular weight is 229 g/mol. The number of benzene rings is 1. The number of halogens is 1. The third-order valence-corrected chi connectivity index (χ3v) is 2.73. The van der Waals surface area contributed by atoms with E-state index in [0.717, 1.165) is 4.90 Å². The molecule has 0 radical (unpaired) electrons. The second-order valence-electron chi connectivity index (χ2n) is 2.85. The van der Waals surface area contributed by atoms with Gasteiger partial charge in [-0.05, 0) is 18.2 Å². The Balaban J connectivity index is 2.44. The molecule has 0 aromatic heterocycles. The Bertz CT molecular complexity index is 359. The normalized spacial score (nSPS) is 10.0. The molecule has 82 valence electrons. The van der Waals surface area contributed by atoms with Crippen molar-refractivity contribution in [1.29, 1.82) is 0 Å². The van der Waals surface area contributed by atoms with E-state index in [1.165, 1.54) is 23.9 Å². The van der Waals surface area contributed by atoms with Crippen molar-refractivity contribution in [3.63, 3.8) is 0 Å². The van der Waals surface area contributed by atoms with Gasteiger partial charge in [-0.3, -0.25) is 10.2 Å². The van der Waals surface area contributed by atoms with Crippen molar-refractivity contribution in [3.05, 3.63) is 24.0 Å². The van der Waals surface area contributed by atoms with Crippen molar-refractivity contribution >= 4 is 23.4 Å². The van der Waals surface area contributed by atoms with Crippen LogP contribution in [-0.2, 0) is 4.79 Å². The van der Waals surface area contributed by atoms with E-state index in [1.807, 2.05) is 5.43 Å². The Labute approximate surface area is 91.2 Å². The van der Waals surface area contributed by atoms with Crippen LogP contribution in [0.3, 0.4) is 0 Å². The van der Waals surface area contributed by atoms with E-state index < -0.39 is 5.82 Å². The molecule has 0 saturated carbocycles. The van der Waals surface area contributed by atoms with Crippen LogP contribution >= 0.6 is 11.8 Å². The van der Waals surface area contributed by atoms with Crippen LogP contribution in [0.4, 0.5) is 10.1 Å². The zero-order valence-corrected chi connectivity index (χ0v) is 8.81. The number of anilines is 1. The molecule has 15 heavy (non-hydrogen) atoms. The molecule has 5 N–H and O–H groups in total. The fraction of sp³-hybridized carbons (Fsp3) is 0.222. The molecule has 0 aliphatic carbocycles. The molecule has 0 spiro atoms. The van der Waals surface area contributed by atoms with Crippen LogP contribution in [0.2, 0.25) is 0 Å². The summed E-state index contributed by atoms with van der Waals surface area (Å²) < 4.78 is 13.0. The lowest BCUT2D eigenvalue weighted by Crippen LogP contribution is -2.30. The highest BCUT2D eigenvalue weighted by atomic mass is 32.2. The summed E-state index contributed by atoms with van der Waals surface area (Å²) >= 11 is 1.38. The monoisotopic (exact) mass is 229 g/mol. The number of hydrogen-bond donors (Lipinski definition) is 3. The number of hydrogen-bond acceptors (Lipinski definition) is 4. The summed E-state index contributed by atoms with van der Waals surface area (Å²) in [7, 11) is 0. The molecule has 0 atom stereocenters. The Morgan fingerprint density at radius 1 is 1.53 bits per heavy atom. The van der Waals surface area contributed by atoms with Crippen LogP contribution in [-0.4, -0.2) is 11.7 Å². The lowest BCUT2D eigenvalue weighted by molar-refractivity contribution is -0.120. The first-order chi connectivity index (χ1) is 7.13. The summed E-state index contributed by atoms with van der Waals surface area (Å²) in [5, 5.41) is 0. The summed E-state index contributed by atoms with van der Waals surface area (Å²) in [5.41, 5.74) is 7.47. The van der Waals surface area contributed by atoms with Crippen LogP contribution < -0.4 is 17.0 Å². The quantitative estimate of drug-likeness (QED) is 0.235. The summed E-state index contributed by atoms with van der Waals surface area (Å²) in [5.74, 6) is 4.78. The number of amides is 1. The molecule has 6 heteroatoms. The van der Waals surface area contributed by atoms with E-state index in [9.17, 15) is 9.18 Å². The molecule has 1 rings (SSSR count). The Morgan fingerprint density at radius 2 is 2.27 bits per heavy atom. The fourth-order valence-corrected chi connectivity index (χ4v) is 1.81. The van der Waals surface area contributed by atoms with Crippen molar-refractivity contribution in [3.8, 4) is 0 Å². The SMILES string of the molecule is NNC(=O)CCSc1ccc(N)c(F)c1. The molecule has 0 heterocycles. The Morgan fingerprint density at radius 3 is 2.87 bits per heavy atom. The maximum absolute atomic E-state index is 13.0. The number of hydrazine groups is 1. The number of carbonyl (C=O) groups excluding carboxylic acids is 1. The average Bonchev–Trinajstić information content (AvgIpc) is 2.23. The third kappa shape index (κ3) is 3.77. The lowest BCUT2D eigenvalue weighted by Gasteiger charge is -2.02. The van der Waals surface area contributed by atoms with Crippen LogP contribution in [0, 0.1) is 5.82 Å². The van der Waals surface area contributed by atoms with Gasteiger partial charge in [-0.15, -0.1) is 11.8 Å². The van der Waals surface area contributed by atoms with Crippen LogP contribution in [0.5, 0.6) is 0 Å². The first-order valence-corrected chi connectivity index (χ1v) is 5.29. The molecule has 0 unspecified atom stereocenters. The minimum Gasteiger partial charge on any atom is -0.396 e. The molecule has 1 aromatic rings. The number of nitrogens with one attached hydrogen (secondary N) is 1. The third-order valence-electron chi connectivity index (χ3n) is 1.73. The zero-order chi connectivity index (χ0) is 11.3. The molecule has 0 aliphatic rings. The summed E-state index contributed by atoms with van der Waals surface area (Å²) in [4.78, 5) is 11.5. The van der Waals surface area contributed by atoms with Gasteiger partial charge in [0.2, 0.25) is 5.91 Å². The molecule has 0 fully saturated rings. The summed E-state index contributed by atoms with van der Waals surface area (Å²) in [6.45, 7) is 0. The van der Waals surface area contributed by atoms with E-state index in [1.54, 1.807) is 6.07 Å². The van der Waals surface area contributed by atoms with Gasteiger partial charge in [-0.1, -0.05) is 0 Å². The molecular weight excluding hydrogens is 217 g/mol. The molecule has 1 aromatic carbocycles. The van der Waals surface area contributed by atoms with Crippen molar-refractivity contribution in [2.45, 2.75) is 11.3 Å². The van der Waals surface area contributed by atoms with Gasteiger partial charge < -0.3 is 5.73 Å². The van der Waals surface area contributed by atoms with Crippen molar-refractivity contribution in [1.82, 2.24) is 5.43 Å². The maximum Gasteiger partial charge on any atom is 0.234 e. The first-order valence-electron chi connectivity index (χ1n) is 4.30. The largest absolute Gasteiger partial charge is 0.396 e. The topological polar surface area (TPSA) is 81.1 Å². The van der Waals surface area contributed by atoms with Crippen molar-refractivity contribution in [2.75, 3.05) is 11.5 Å². The maximum atomic E-state index is 13.0. The minimum atomic E-state index is -0.441. The molecule has 0 saturated heterocycles. The van der Waals surface area contributed by atoms with Crippen LogP contribution in [0.15, 0.2) is 23.1 Å². The Kier molecular flexibility index (Phi) is 4.38. The number of nitrogen functional groups attached to an aromatic ring is 1. The number of thioether (sulfide) groups is 1. The van der Waals surface area contributed by atoms with Crippen molar-refractivity contribution in [2.24, 2.45) is 5.84 Å². The van der Waals surface area contributed by atoms with Gasteiger partial charge in [-0.2, -0.15) is 0 Å². The second-order valence-corrected chi connectivity index (χ2v) is 4.02. The molecule has 0 aliphatic heterocycles. The highest BCUT2D eigenvalue weighted by Crippen LogP contribution is 2.22. The molecule has 0 bridgehead atoms. The minimum absolute atomic E-state index is 0.124. The summed E-state index contributed by atoms with van der Waals surface area (Å²) in [6.07, 6.45) is 0.299. The molecular formula is C9H12FN3OS. The molecule has 4 nitrogen and oxygen atoms in total. The van der Waals surface area contributed by atoms with Gasteiger partial charge in [0.25, 0.3) is 0 Å². The highest BCUT2D eigenvalue weighted by Gasteiger charge is 2.02. The van der Waals surface area contributed by atoms with Gasteiger partial charge in [0.1, 0.15) is 5.82 Å². The number of nitrogens with two attached hydrogens (primary N) is 2. The van der Waals surface area contributed by atoms with Gasteiger partial charge in [-0.25, -0.2) is 10.2 Å². The summed E-state index contributed by atoms with van der Waals surface area (Å²) in [6, 6.07) is 4.56. The van der Waals surface area contributed by atoms with Gasteiger partial charge in [0.15, 0.2) is 0 Å². The zero-order valence-electron chi connectivity index (χ0n) is 8.00. The Hall–Kier alpha value is -1.27. The molecule has 1 amide bonds. The number of rotatable bonds is 4. The van der Waals surface area contributed by atoms with Gasteiger partial charge in [0, 0.05) is 17.1 Å². The smallest absolute Gasteiger partial charge is 0.234 e. The van der Waals surface area contributed by atoms with E-state index in [2.05, 4.69) is 0 Å². The van der Waals surface area contributed by atoms with Gasteiger partial charge in [0.05, 0.1) is 5.69 Å². The standard InChI is InChI=1S/C9H12FN3OS/c10-7-5-6(1-2-8(7)11)15-4-3-9(14)13-12/h1-2,5H,3-4,11-12H2,(H,13,14). The predicted molar refractivity (Wildman–Crippen MR) is 58.5 cm³/mol. The van der Waals surface area contributed by atoms with Crippen LogP contribution in [0.1, 0.15) is 6.42 Å².